The van der Waals surface area contributed by atoms with Crippen LogP contribution < -0.4 is 0 Å². The van der Waals surface area contributed by atoms with Gasteiger partial charge in [-0.3, -0.25) is 15.8 Å². The molecule has 0 amide bonds. The van der Waals surface area contributed by atoms with Crippen molar-refractivity contribution in [2.45, 2.75) is 84.8 Å². The fourth-order valence-electron chi connectivity index (χ4n) is 3.60. The van der Waals surface area contributed by atoms with Crippen molar-refractivity contribution in [2.24, 2.45) is 10.9 Å². The summed E-state index contributed by atoms with van der Waals surface area (Å²) in [6.45, 7) is 11.5. The van der Waals surface area contributed by atoms with Gasteiger partial charge in [-0.15, -0.1) is 22.7 Å². The predicted octanol–water partition coefficient (Wildman–Crippen LogP) is 7.10. The van der Waals surface area contributed by atoms with Gasteiger partial charge in [0.1, 0.15) is 11.4 Å². The highest BCUT2D eigenvalue weighted by Gasteiger charge is 2.37. The van der Waals surface area contributed by atoms with Gasteiger partial charge in [0.2, 0.25) is 0 Å². The van der Waals surface area contributed by atoms with Crippen molar-refractivity contribution >= 4 is 47.3 Å². The van der Waals surface area contributed by atoms with E-state index in [0.29, 0.717) is 11.2 Å². The Labute approximate surface area is 218 Å². The Hall–Kier alpha value is -1.87. The van der Waals surface area contributed by atoms with Gasteiger partial charge in [-0.1, -0.05) is 39.5 Å². The van der Waals surface area contributed by atoms with Crippen molar-refractivity contribution in [3.05, 3.63) is 45.7 Å². The molecule has 3 rings (SSSR count). The Morgan fingerprint density at radius 2 is 1.66 bits per heavy atom. The Kier molecular flexibility index (Phi) is 9.08. The summed E-state index contributed by atoms with van der Waals surface area (Å²) < 4.78 is 5.77. The van der Waals surface area contributed by atoms with E-state index < -0.39 is 11.2 Å². The Morgan fingerprint density at radius 1 is 1.00 bits per heavy atom. The molecular formula is C27H37BN3O2S2. The maximum atomic E-state index is 10.3. The summed E-state index contributed by atoms with van der Waals surface area (Å²) >= 11 is 3.47. The lowest BCUT2D eigenvalue weighted by Gasteiger charge is -2.37. The number of rotatable bonds is 12. The Morgan fingerprint density at radius 3 is 2.31 bits per heavy atom. The van der Waals surface area contributed by atoms with Crippen LogP contribution in [0.1, 0.15) is 77.0 Å². The lowest BCUT2D eigenvalue weighted by molar-refractivity contribution is -0.0895. The molecule has 0 saturated carbocycles. The molecular weight excluding hydrogens is 473 g/mol. The van der Waals surface area contributed by atoms with Crippen molar-refractivity contribution in [3.8, 4) is 9.75 Å². The fourth-order valence-corrected chi connectivity index (χ4v) is 5.82. The third-order valence-corrected chi connectivity index (χ3v) is 9.23. The van der Waals surface area contributed by atoms with Crippen molar-refractivity contribution in [3.63, 3.8) is 0 Å². The molecule has 1 aliphatic heterocycles. The molecule has 1 aliphatic rings. The molecule has 0 fully saturated rings. The zero-order valence-corrected chi connectivity index (χ0v) is 23.3. The van der Waals surface area contributed by atoms with Gasteiger partial charge in [-0.2, -0.15) is 0 Å². The van der Waals surface area contributed by atoms with E-state index >= 15 is 0 Å². The summed E-state index contributed by atoms with van der Waals surface area (Å²) in [5, 5.41) is 27.3. The largest absolute Gasteiger partial charge is 0.426 e. The first-order chi connectivity index (χ1) is 16.5. The van der Waals surface area contributed by atoms with Gasteiger partial charge in [-0.25, -0.2) is 0 Å². The smallest absolute Gasteiger partial charge is 0.334 e. The monoisotopic (exact) mass is 510 g/mol. The number of thiophene rings is 2. The van der Waals surface area contributed by atoms with E-state index in [2.05, 4.69) is 37.0 Å². The molecule has 0 saturated heterocycles. The van der Waals surface area contributed by atoms with Crippen molar-refractivity contribution in [1.82, 2.24) is 0 Å². The third kappa shape index (κ3) is 6.67. The van der Waals surface area contributed by atoms with Crippen molar-refractivity contribution in [2.75, 3.05) is 0 Å². The van der Waals surface area contributed by atoms with Gasteiger partial charge >= 0.3 is 7.48 Å². The van der Waals surface area contributed by atoms with Crippen molar-refractivity contribution < 1.29 is 9.76 Å². The molecule has 35 heavy (non-hydrogen) atoms. The summed E-state index contributed by atoms with van der Waals surface area (Å²) in [4.78, 5) is 9.21. The summed E-state index contributed by atoms with van der Waals surface area (Å²) in [7, 11) is 1.42. The van der Waals surface area contributed by atoms with Crippen LogP contribution in [0.4, 0.5) is 0 Å². The SMILES string of the molecule is CCCCC(CC)Cc1ccc(-c2ccc(C3=NC=C([B]OC(C)(C)C(C)(C)O)C(=N)C3=N)s2)s1. The Balaban J connectivity index is 1.72. The number of aliphatic hydroxyl groups is 1. The summed E-state index contributed by atoms with van der Waals surface area (Å²) in [6, 6.07) is 8.53. The van der Waals surface area contributed by atoms with Crippen LogP contribution in [0, 0.1) is 16.7 Å². The first kappa shape index (κ1) is 27.7. The molecule has 0 bridgehead atoms. The maximum Gasteiger partial charge on any atom is 0.334 e. The molecule has 2 aromatic heterocycles. The minimum atomic E-state index is -1.06. The van der Waals surface area contributed by atoms with Crippen LogP contribution in [-0.4, -0.2) is 40.9 Å². The molecule has 5 nitrogen and oxygen atoms in total. The lowest BCUT2D eigenvalue weighted by Crippen LogP contribution is -2.48. The number of hydrogen-bond acceptors (Lipinski definition) is 7. The predicted molar refractivity (Wildman–Crippen MR) is 152 cm³/mol. The topological polar surface area (TPSA) is 89.5 Å². The van der Waals surface area contributed by atoms with Crippen LogP contribution in [0.25, 0.3) is 9.75 Å². The molecule has 0 aromatic carbocycles. The van der Waals surface area contributed by atoms with E-state index in [0.717, 1.165) is 22.1 Å². The summed E-state index contributed by atoms with van der Waals surface area (Å²) in [5.74, 6) is 0.749. The number of hydrogen-bond donors (Lipinski definition) is 3. The molecule has 3 heterocycles. The lowest BCUT2D eigenvalue weighted by atomic mass is 9.78. The van der Waals surface area contributed by atoms with E-state index in [-0.39, 0.29) is 11.4 Å². The van der Waals surface area contributed by atoms with Gasteiger partial charge in [-0.05, 0) is 69.8 Å². The maximum absolute atomic E-state index is 10.3. The number of unbranched alkanes of at least 4 members (excludes halogenated alkanes) is 1. The molecule has 0 aliphatic carbocycles. The highest BCUT2D eigenvalue weighted by atomic mass is 32.1. The minimum absolute atomic E-state index is 0.0626. The number of nitrogens with one attached hydrogen (secondary N) is 2. The zero-order chi connectivity index (χ0) is 25.8. The molecule has 187 valence electrons. The van der Waals surface area contributed by atoms with Gasteiger partial charge in [0, 0.05) is 20.8 Å². The van der Waals surface area contributed by atoms with Crippen LogP contribution in [0.15, 0.2) is 40.9 Å². The molecule has 1 atom stereocenters. The van der Waals surface area contributed by atoms with E-state index in [9.17, 15) is 5.11 Å². The van der Waals surface area contributed by atoms with Crippen molar-refractivity contribution in [1.29, 1.82) is 10.8 Å². The normalized spacial score (nSPS) is 15.7. The molecule has 1 unspecified atom stereocenters. The van der Waals surface area contributed by atoms with E-state index in [4.69, 9.17) is 15.5 Å². The van der Waals surface area contributed by atoms with Gasteiger partial charge < -0.3 is 9.76 Å². The first-order valence-corrected chi connectivity index (χ1v) is 14.0. The highest BCUT2D eigenvalue weighted by Crippen LogP contribution is 2.36. The van der Waals surface area contributed by atoms with Crippen LogP contribution in [0.3, 0.4) is 0 Å². The quantitative estimate of drug-likeness (QED) is 0.266. The van der Waals surface area contributed by atoms with Crippen LogP contribution in [0.2, 0.25) is 0 Å². The van der Waals surface area contributed by atoms with Gasteiger partial charge in [0.25, 0.3) is 0 Å². The number of nitrogens with zero attached hydrogens (tertiary/aromatic N) is 1. The standard InChI is InChI=1S/C27H37BN3O2S2/c1-7-9-10-17(8-2)15-18-11-12-20(34-18)21-13-14-22(35-21)25-24(30)23(29)19(16-31-25)28-33-27(5,6)26(3,4)32/h11-14,16-17,29-30,32H,7-10,15H2,1-6H3. The van der Waals surface area contributed by atoms with E-state index in [1.165, 1.54) is 42.9 Å². The average Bonchev–Trinajstić information content (AvgIpc) is 3.46. The minimum Gasteiger partial charge on any atom is -0.426 e. The average molecular weight is 511 g/mol. The molecule has 3 N–H and O–H groups in total. The third-order valence-electron chi connectivity index (χ3n) is 6.84. The summed E-state index contributed by atoms with van der Waals surface area (Å²) in [5.41, 5.74) is -0.852. The second kappa shape index (κ2) is 11.5. The molecule has 0 spiro atoms. The Bertz CT molecular complexity index is 1120. The number of aliphatic imine (C=N–C) groups is 1. The summed E-state index contributed by atoms with van der Waals surface area (Å²) in [6.07, 6.45) is 7.78. The number of allylic oxidation sites excluding steroid dienone is 1. The van der Waals surface area contributed by atoms with Gasteiger partial charge in [0.05, 0.1) is 21.8 Å². The fraction of sp³-hybridized carbons (Fsp3) is 0.519. The first-order valence-electron chi connectivity index (χ1n) is 12.4. The van der Waals surface area contributed by atoms with Crippen LogP contribution in [0.5, 0.6) is 0 Å². The van der Waals surface area contributed by atoms with E-state index in [1.54, 1.807) is 45.2 Å². The molecule has 1 radical (unpaired) electrons. The second-order valence-corrected chi connectivity index (χ2v) is 12.4. The van der Waals surface area contributed by atoms with Crippen LogP contribution >= 0.6 is 22.7 Å². The zero-order valence-electron chi connectivity index (χ0n) is 21.7. The highest BCUT2D eigenvalue weighted by molar-refractivity contribution is 7.23. The second-order valence-electron chi connectivity index (χ2n) is 10.2. The van der Waals surface area contributed by atoms with Crippen LogP contribution in [-0.2, 0) is 11.1 Å². The molecule has 8 heteroatoms. The van der Waals surface area contributed by atoms with E-state index in [1.807, 2.05) is 17.4 Å². The molecule has 2 aromatic rings. The van der Waals surface area contributed by atoms with Gasteiger partial charge in [0.15, 0.2) is 0 Å².